The Balaban J connectivity index is 1.48. The lowest BCUT2D eigenvalue weighted by Gasteiger charge is -2.10. The molecule has 4 rings (SSSR count). The highest BCUT2D eigenvalue weighted by Crippen LogP contribution is 2.34. The largest absolute Gasteiger partial charge is 0.450 e. The number of carbonyl (C=O) groups is 2. The van der Waals surface area contributed by atoms with Gasteiger partial charge in [0, 0.05) is 12.6 Å². The van der Waals surface area contributed by atoms with E-state index in [1.54, 1.807) is 12.1 Å². The van der Waals surface area contributed by atoms with Crippen LogP contribution in [-0.4, -0.2) is 39.1 Å². The van der Waals surface area contributed by atoms with E-state index in [0.717, 1.165) is 28.0 Å². The fraction of sp³-hybridized carbons (Fsp3) is 0.167. The Kier molecular flexibility index (Phi) is 5.06. The number of hydrogen-bond acceptors (Lipinski definition) is 7. The van der Waals surface area contributed by atoms with Crippen molar-refractivity contribution in [3.8, 4) is 0 Å². The Morgan fingerprint density at radius 3 is 2.93 bits per heavy atom. The first-order chi connectivity index (χ1) is 13.1. The summed E-state index contributed by atoms with van der Waals surface area (Å²) in [5.74, 6) is 0.208. The number of thioether (sulfide) groups is 1. The van der Waals surface area contributed by atoms with Crippen molar-refractivity contribution in [1.29, 1.82) is 0 Å². The standard InChI is InChI=1S/C18H16N4O3S2/c19-8-3-9-22-16(23)14(26-18(22)24)10-11-6-7-15(25-11)27-17-20-12-4-1-2-5-13(12)21-17/h1-2,4-7,10H,3,8-9,19H2,(H,20,21). The maximum atomic E-state index is 12.3. The molecule has 0 saturated carbocycles. The number of carbonyl (C=O) groups excluding carboxylic acids is 2. The fourth-order valence-electron chi connectivity index (χ4n) is 2.61. The maximum absolute atomic E-state index is 12.3. The van der Waals surface area contributed by atoms with Gasteiger partial charge in [0.1, 0.15) is 5.76 Å². The summed E-state index contributed by atoms with van der Waals surface area (Å²) in [6, 6.07) is 11.3. The number of aromatic nitrogens is 2. The molecule has 1 fully saturated rings. The van der Waals surface area contributed by atoms with Gasteiger partial charge in [0.2, 0.25) is 0 Å². The van der Waals surface area contributed by atoms with Gasteiger partial charge in [-0.2, -0.15) is 0 Å². The van der Waals surface area contributed by atoms with Crippen LogP contribution in [0.25, 0.3) is 17.1 Å². The highest BCUT2D eigenvalue weighted by Gasteiger charge is 2.34. The van der Waals surface area contributed by atoms with Crippen molar-refractivity contribution in [3.63, 3.8) is 0 Å². The number of hydrogen-bond donors (Lipinski definition) is 2. The van der Waals surface area contributed by atoms with Crippen LogP contribution in [0.4, 0.5) is 4.79 Å². The van der Waals surface area contributed by atoms with Crippen molar-refractivity contribution in [2.24, 2.45) is 5.73 Å². The summed E-state index contributed by atoms with van der Waals surface area (Å²) in [6.07, 6.45) is 2.18. The second kappa shape index (κ2) is 7.63. The van der Waals surface area contributed by atoms with E-state index in [2.05, 4.69) is 9.97 Å². The van der Waals surface area contributed by atoms with Gasteiger partial charge in [0.05, 0.1) is 15.9 Å². The zero-order valence-corrected chi connectivity index (χ0v) is 15.8. The lowest BCUT2D eigenvalue weighted by atomic mass is 10.3. The third kappa shape index (κ3) is 3.80. The molecule has 2 amide bonds. The Morgan fingerprint density at radius 1 is 1.26 bits per heavy atom. The van der Waals surface area contributed by atoms with E-state index in [9.17, 15) is 9.59 Å². The molecule has 7 nitrogen and oxygen atoms in total. The minimum absolute atomic E-state index is 0.275. The van der Waals surface area contributed by atoms with E-state index in [1.807, 2.05) is 30.3 Å². The number of nitrogens with one attached hydrogen (secondary N) is 1. The number of furan rings is 1. The predicted molar refractivity (Wildman–Crippen MR) is 105 cm³/mol. The summed E-state index contributed by atoms with van der Waals surface area (Å²) in [5.41, 5.74) is 7.29. The summed E-state index contributed by atoms with van der Waals surface area (Å²) < 4.78 is 5.76. The lowest BCUT2D eigenvalue weighted by molar-refractivity contribution is -0.122. The quantitative estimate of drug-likeness (QED) is 0.608. The van der Waals surface area contributed by atoms with Gasteiger partial charge < -0.3 is 15.1 Å². The second-order valence-corrected chi connectivity index (χ2v) is 7.78. The molecule has 0 spiro atoms. The number of rotatable bonds is 6. The number of para-hydroxylation sites is 2. The molecule has 3 N–H and O–H groups in total. The molecule has 27 heavy (non-hydrogen) atoms. The monoisotopic (exact) mass is 400 g/mol. The van der Waals surface area contributed by atoms with Crippen molar-refractivity contribution in [2.45, 2.75) is 16.7 Å². The third-order valence-corrected chi connectivity index (χ3v) is 5.61. The highest BCUT2D eigenvalue weighted by atomic mass is 32.2. The smallest absolute Gasteiger partial charge is 0.293 e. The maximum Gasteiger partial charge on any atom is 0.293 e. The molecular formula is C18H16N4O3S2. The minimum Gasteiger partial charge on any atom is -0.450 e. The number of imidazole rings is 1. The second-order valence-electron chi connectivity index (χ2n) is 5.79. The Hall–Kier alpha value is -2.49. The van der Waals surface area contributed by atoms with Gasteiger partial charge in [-0.15, -0.1) is 0 Å². The number of aromatic amines is 1. The summed E-state index contributed by atoms with van der Waals surface area (Å²) >= 11 is 2.28. The molecule has 1 saturated heterocycles. The molecule has 0 aliphatic carbocycles. The van der Waals surface area contributed by atoms with E-state index in [1.165, 1.54) is 16.7 Å². The molecule has 138 valence electrons. The Bertz CT molecular complexity index is 1010. The number of nitrogens with zero attached hydrogens (tertiary/aromatic N) is 2. The van der Waals surface area contributed by atoms with Crippen molar-refractivity contribution < 1.29 is 14.0 Å². The van der Waals surface area contributed by atoms with Crippen LogP contribution < -0.4 is 5.73 Å². The van der Waals surface area contributed by atoms with Crippen LogP contribution in [0, 0.1) is 0 Å². The van der Waals surface area contributed by atoms with Gasteiger partial charge in [-0.1, -0.05) is 12.1 Å². The van der Waals surface area contributed by atoms with E-state index >= 15 is 0 Å². The number of benzene rings is 1. The zero-order valence-electron chi connectivity index (χ0n) is 14.2. The SMILES string of the molecule is NCCCN1C(=O)SC(=Cc2ccc(Sc3nc4ccccc4[nH]3)o2)C1=O. The first-order valence-corrected chi connectivity index (χ1v) is 9.95. The van der Waals surface area contributed by atoms with Gasteiger partial charge in [-0.3, -0.25) is 14.5 Å². The first-order valence-electron chi connectivity index (χ1n) is 8.32. The van der Waals surface area contributed by atoms with Gasteiger partial charge >= 0.3 is 0 Å². The summed E-state index contributed by atoms with van der Waals surface area (Å²) in [6.45, 7) is 0.769. The van der Waals surface area contributed by atoms with Gasteiger partial charge in [0.15, 0.2) is 10.2 Å². The molecule has 1 aliphatic rings. The van der Waals surface area contributed by atoms with Crippen LogP contribution in [0.3, 0.4) is 0 Å². The summed E-state index contributed by atoms with van der Waals surface area (Å²) in [5, 5.41) is 1.09. The van der Waals surface area contributed by atoms with Crippen LogP contribution >= 0.6 is 23.5 Å². The number of H-pyrrole nitrogens is 1. The van der Waals surface area contributed by atoms with Crippen molar-refractivity contribution >= 4 is 51.8 Å². The average molecular weight is 400 g/mol. The van der Waals surface area contributed by atoms with Gasteiger partial charge in [0.25, 0.3) is 11.1 Å². The normalized spacial score (nSPS) is 16.2. The van der Waals surface area contributed by atoms with Gasteiger partial charge in [-0.05, 0) is 60.8 Å². The number of fused-ring (bicyclic) bond motifs is 1. The zero-order chi connectivity index (χ0) is 18.8. The van der Waals surface area contributed by atoms with E-state index < -0.39 is 0 Å². The van der Waals surface area contributed by atoms with E-state index in [-0.39, 0.29) is 11.1 Å². The minimum atomic E-state index is -0.304. The van der Waals surface area contributed by atoms with Crippen molar-refractivity contribution in [2.75, 3.05) is 13.1 Å². The van der Waals surface area contributed by atoms with Crippen LogP contribution in [-0.2, 0) is 4.79 Å². The molecule has 0 bridgehead atoms. The molecule has 3 heterocycles. The topological polar surface area (TPSA) is 105 Å². The molecule has 1 aromatic carbocycles. The number of amides is 2. The first kappa shape index (κ1) is 17.9. The fourth-order valence-corrected chi connectivity index (χ4v) is 4.23. The lowest BCUT2D eigenvalue weighted by Crippen LogP contribution is -2.30. The van der Waals surface area contributed by atoms with Crippen LogP contribution in [0.5, 0.6) is 0 Å². The van der Waals surface area contributed by atoms with E-state index in [4.69, 9.17) is 10.2 Å². The number of nitrogens with two attached hydrogens (primary N) is 1. The Morgan fingerprint density at radius 2 is 2.11 bits per heavy atom. The predicted octanol–water partition coefficient (Wildman–Crippen LogP) is 3.69. The molecule has 3 aromatic rings. The molecule has 2 aromatic heterocycles. The molecule has 0 unspecified atom stereocenters. The van der Waals surface area contributed by atoms with Crippen LogP contribution in [0.1, 0.15) is 12.2 Å². The van der Waals surface area contributed by atoms with Crippen molar-refractivity contribution in [3.05, 3.63) is 47.1 Å². The average Bonchev–Trinajstić information content (AvgIpc) is 3.33. The van der Waals surface area contributed by atoms with Gasteiger partial charge in [-0.25, -0.2) is 4.98 Å². The van der Waals surface area contributed by atoms with Crippen LogP contribution in [0.2, 0.25) is 0 Å². The Labute approximate surface area is 163 Å². The molecule has 9 heteroatoms. The van der Waals surface area contributed by atoms with E-state index in [0.29, 0.717) is 35.3 Å². The molecule has 0 atom stereocenters. The summed E-state index contributed by atoms with van der Waals surface area (Å²) in [7, 11) is 0. The molecular weight excluding hydrogens is 384 g/mol. The van der Waals surface area contributed by atoms with Crippen LogP contribution in [0.15, 0.2) is 56.0 Å². The molecule has 1 aliphatic heterocycles. The highest BCUT2D eigenvalue weighted by molar-refractivity contribution is 8.18. The third-order valence-electron chi connectivity index (χ3n) is 3.90. The number of imide groups is 1. The summed E-state index contributed by atoms with van der Waals surface area (Å²) in [4.78, 5) is 33.6. The molecule has 0 radical (unpaired) electrons. The van der Waals surface area contributed by atoms with Crippen molar-refractivity contribution in [1.82, 2.24) is 14.9 Å².